The smallest absolute Gasteiger partial charge is 0.255 e. The summed E-state index contributed by atoms with van der Waals surface area (Å²) in [5, 5.41) is 0. The summed E-state index contributed by atoms with van der Waals surface area (Å²) in [5.41, 5.74) is 9.30. The van der Waals surface area contributed by atoms with Gasteiger partial charge in [0.1, 0.15) is 0 Å². The SMILES string of the molecule is COCCn1c(-c2ccc(C)cc2)ccc(CN)c1=O. The first-order chi connectivity index (χ1) is 9.67. The zero-order chi connectivity index (χ0) is 14.5. The predicted octanol–water partition coefficient (Wildman–Crippen LogP) is 1.93. The molecule has 0 atom stereocenters. The standard InChI is InChI=1S/C16H20N2O2/c1-12-3-5-13(6-4-12)15-8-7-14(11-17)16(19)18(15)9-10-20-2/h3-8H,9-11,17H2,1-2H3. The van der Waals surface area contributed by atoms with E-state index in [0.717, 1.165) is 11.3 Å². The summed E-state index contributed by atoms with van der Waals surface area (Å²) in [5.74, 6) is 0. The Kier molecular flexibility index (Phi) is 4.71. The van der Waals surface area contributed by atoms with Gasteiger partial charge < -0.3 is 15.0 Å². The van der Waals surface area contributed by atoms with E-state index in [1.807, 2.05) is 37.3 Å². The van der Waals surface area contributed by atoms with E-state index in [4.69, 9.17) is 10.5 Å². The lowest BCUT2D eigenvalue weighted by molar-refractivity contribution is 0.186. The lowest BCUT2D eigenvalue weighted by Crippen LogP contribution is -2.28. The number of aryl methyl sites for hydroxylation is 1. The van der Waals surface area contributed by atoms with E-state index >= 15 is 0 Å². The molecule has 106 valence electrons. The zero-order valence-electron chi connectivity index (χ0n) is 11.9. The van der Waals surface area contributed by atoms with Crippen molar-refractivity contribution in [1.29, 1.82) is 0 Å². The summed E-state index contributed by atoms with van der Waals surface area (Å²) >= 11 is 0. The van der Waals surface area contributed by atoms with Crippen LogP contribution >= 0.6 is 0 Å². The maximum atomic E-state index is 12.4. The van der Waals surface area contributed by atoms with E-state index in [9.17, 15) is 4.79 Å². The molecule has 0 fully saturated rings. The highest BCUT2D eigenvalue weighted by Gasteiger charge is 2.09. The predicted molar refractivity (Wildman–Crippen MR) is 80.6 cm³/mol. The molecule has 2 N–H and O–H groups in total. The molecule has 1 aromatic heterocycles. The molecule has 0 spiro atoms. The third-order valence-corrected chi connectivity index (χ3v) is 3.34. The van der Waals surface area contributed by atoms with Crippen molar-refractivity contribution in [2.45, 2.75) is 20.0 Å². The van der Waals surface area contributed by atoms with Gasteiger partial charge in [-0.25, -0.2) is 0 Å². The molecule has 0 aliphatic rings. The molecule has 2 rings (SSSR count). The molecule has 20 heavy (non-hydrogen) atoms. The van der Waals surface area contributed by atoms with Crippen LogP contribution in [0.3, 0.4) is 0 Å². The molecule has 0 aliphatic heterocycles. The van der Waals surface area contributed by atoms with Crippen LogP contribution in [-0.2, 0) is 17.8 Å². The van der Waals surface area contributed by atoms with Crippen molar-refractivity contribution >= 4 is 0 Å². The molecule has 0 unspecified atom stereocenters. The second kappa shape index (κ2) is 6.50. The van der Waals surface area contributed by atoms with Crippen molar-refractivity contribution in [3.63, 3.8) is 0 Å². The van der Waals surface area contributed by atoms with Crippen LogP contribution in [0.2, 0.25) is 0 Å². The molecule has 0 bridgehead atoms. The number of pyridine rings is 1. The maximum absolute atomic E-state index is 12.4. The molecular weight excluding hydrogens is 252 g/mol. The Balaban J connectivity index is 2.54. The summed E-state index contributed by atoms with van der Waals surface area (Å²) < 4.78 is 6.83. The average molecular weight is 272 g/mol. The molecule has 0 amide bonds. The number of benzene rings is 1. The van der Waals surface area contributed by atoms with Gasteiger partial charge in [-0.15, -0.1) is 0 Å². The van der Waals surface area contributed by atoms with E-state index in [2.05, 4.69) is 0 Å². The molecule has 0 radical (unpaired) electrons. The molecular formula is C16H20N2O2. The van der Waals surface area contributed by atoms with Gasteiger partial charge in [0.2, 0.25) is 0 Å². The van der Waals surface area contributed by atoms with Gasteiger partial charge in [0, 0.05) is 25.8 Å². The van der Waals surface area contributed by atoms with Crippen molar-refractivity contribution in [2.24, 2.45) is 5.73 Å². The zero-order valence-corrected chi connectivity index (χ0v) is 11.9. The number of rotatable bonds is 5. The number of aromatic nitrogens is 1. The number of methoxy groups -OCH3 is 1. The topological polar surface area (TPSA) is 57.2 Å². The van der Waals surface area contributed by atoms with E-state index in [1.165, 1.54) is 5.56 Å². The summed E-state index contributed by atoms with van der Waals surface area (Å²) in [7, 11) is 1.63. The largest absolute Gasteiger partial charge is 0.383 e. The van der Waals surface area contributed by atoms with E-state index in [-0.39, 0.29) is 12.1 Å². The second-order valence-electron chi connectivity index (χ2n) is 4.76. The van der Waals surface area contributed by atoms with Crippen molar-refractivity contribution in [2.75, 3.05) is 13.7 Å². The van der Waals surface area contributed by atoms with Gasteiger partial charge >= 0.3 is 0 Å². The lowest BCUT2D eigenvalue weighted by Gasteiger charge is -2.14. The van der Waals surface area contributed by atoms with Crippen molar-refractivity contribution in [1.82, 2.24) is 4.57 Å². The van der Waals surface area contributed by atoms with Crippen LogP contribution in [0.5, 0.6) is 0 Å². The highest BCUT2D eigenvalue weighted by molar-refractivity contribution is 5.60. The Morgan fingerprint density at radius 3 is 2.45 bits per heavy atom. The minimum absolute atomic E-state index is 0.0392. The van der Waals surface area contributed by atoms with Crippen LogP contribution in [0.25, 0.3) is 11.3 Å². The fourth-order valence-electron chi connectivity index (χ4n) is 2.16. The second-order valence-corrected chi connectivity index (χ2v) is 4.76. The molecule has 1 aromatic carbocycles. The van der Waals surface area contributed by atoms with Crippen LogP contribution in [0.15, 0.2) is 41.2 Å². The lowest BCUT2D eigenvalue weighted by atomic mass is 10.1. The monoisotopic (exact) mass is 272 g/mol. The van der Waals surface area contributed by atoms with Crippen LogP contribution in [0.4, 0.5) is 0 Å². The first-order valence-corrected chi connectivity index (χ1v) is 6.66. The Labute approximate surface area is 118 Å². The molecule has 2 aromatic rings. The number of ether oxygens (including phenoxy) is 1. The average Bonchev–Trinajstić information content (AvgIpc) is 2.47. The Morgan fingerprint density at radius 1 is 1.15 bits per heavy atom. The number of hydrogen-bond acceptors (Lipinski definition) is 3. The van der Waals surface area contributed by atoms with Crippen molar-refractivity contribution < 1.29 is 4.74 Å². The van der Waals surface area contributed by atoms with Crippen LogP contribution in [0.1, 0.15) is 11.1 Å². The maximum Gasteiger partial charge on any atom is 0.255 e. The fraction of sp³-hybridized carbons (Fsp3) is 0.312. The third-order valence-electron chi connectivity index (χ3n) is 3.34. The number of hydrogen-bond donors (Lipinski definition) is 1. The fourth-order valence-corrected chi connectivity index (χ4v) is 2.16. The molecule has 4 heteroatoms. The van der Waals surface area contributed by atoms with Crippen LogP contribution in [-0.4, -0.2) is 18.3 Å². The Bertz CT molecular complexity index is 630. The summed E-state index contributed by atoms with van der Waals surface area (Å²) in [6.45, 7) is 3.30. The first-order valence-electron chi connectivity index (χ1n) is 6.66. The summed E-state index contributed by atoms with van der Waals surface area (Å²) in [4.78, 5) is 12.4. The quantitative estimate of drug-likeness (QED) is 0.904. The molecule has 1 heterocycles. The van der Waals surface area contributed by atoms with Gasteiger partial charge in [0.15, 0.2) is 0 Å². The Morgan fingerprint density at radius 2 is 1.85 bits per heavy atom. The van der Waals surface area contributed by atoms with Gasteiger partial charge in [-0.3, -0.25) is 4.79 Å². The van der Waals surface area contributed by atoms with Crippen molar-refractivity contribution in [3.05, 3.63) is 57.9 Å². The van der Waals surface area contributed by atoms with Gasteiger partial charge in [0.05, 0.1) is 12.3 Å². The minimum Gasteiger partial charge on any atom is -0.383 e. The Hall–Kier alpha value is -1.91. The van der Waals surface area contributed by atoms with Gasteiger partial charge in [-0.05, 0) is 18.6 Å². The summed E-state index contributed by atoms with van der Waals surface area (Å²) in [6.07, 6.45) is 0. The normalized spacial score (nSPS) is 10.8. The van der Waals surface area contributed by atoms with Gasteiger partial charge in [-0.2, -0.15) is 0 Å². The van der Waals surface area contributed by atoms with E-state index in [0.29, 0.717) is 18.7 Å². The highest BCUT2D eigenvalue weighted by Crippen LogP contribution is 2.19. The van der Waals surface area contributed by atoms with Crippen LogP contribution < -0.4 is 11.3 Å². The van der Waals surface area contributed by atoms with E-state index < -0.39 is 0 Å². The molecule has 0 aliphatic carbocycles. The number of nitrogens with zero attached hydrogens (tertiary/aromatic N) is 1. The highest BCUT2D eigenvalue weighted by atomic mass is 16.5. The summed E-state index contributed by atoms with van der Waals surface area (Å²) in [6, 6.07) is 11.9. The number of nitrogens with two attached hydrogens (primary N) is 1. The van der Waals surface area contributed by atoms with E-state index in [1.54, 1.807) is 17.7 Å². The molecule has 4 nitrogen and oxygen atoms in total. The van der Waals surface area contributed by atoms with Gasteiger partial charge in [0.25, 0.3) is 5.56 Å². The van der Waals surface area contributed by atoms with Crippen molar-refractivity contribution in [3.8, 4) is 11.3 Å². The first kappa shape index (κ1) is 14.5. The van der Waals surface area contributed by atoms with Gasteiger partial charge in [-0.1, -0.05) is 35.9 Å². The molecule has 0 saturated heterocycles. The minimum atomic E-state index is -0.0392. The third kappa shape index (κ3) is 2.98. The molecule has 0 saturated carbocycles. The van der Waals surface area contributed by atoms with Crippen LogP contribution in [0, 0.1) is 6.92 Å².